The molecule has 0 saturated carbocycles. The zero-order chi connectivity index (χ0) is 8.84. The maximum absolute atomic E-state index is 9.78. The van der Waals surface area contributed by atoms with Crippen molar-refractivity contribution in [3.63, 3.8) is 0 Å². The van der Waals surface area contributed by atoms with Gasteiger partial charge in [0.1, 0.15) is 0 Å². The predicted octanol–water partition coefficient (Wildman–Crippen LogP) is 2.15. The molecule has 1 heterocycles. The molecular weight excluding hydrogens is 162 g/mol. The van der Waals surface area contributed by atoms with Gasteiger partial charge in [0.25, 0.3) is 0 Å². The third kappa shape index (κ3) is 0.864. The summed E-state index contributed by atoms with van der Waals surface area (Å²) in [5.41, 5.74) is 3.57. The lowest BCUT2D eigenvalue weighted by molar-refractivity contribution is 0.167. The fourth-order valence-corrected chi connectivity index (χ4v) is 2.21. The second-order valence-electron chi connectivity index (χ2n) is 3.64. The summed E-state index contributed by atoms with van der Waals surface area (Å²) < 4.78 is 0. The van der Waals surface area contributed by atoms with E-state index in [2.05, 4.69) is 17.2 Å². The summed E-state index contributed by atoms with van der Waals surface area (Å²) in [5.74, 6) is 0. The van der Waals surface area contributed by atoms with Crippen molar-refractivity contribution in [2.24, 2.45) is 0 Å². The number of hydrogen-bond donors (Lipinski definition) is 2. The molecule has 0 radical (unpaired) electrons. The molecule has 66 valence electrons. The minimum absolute atomic E-state index is 0.271. The third-order valence-electron chi connectivity index (χ3n) is 2.87. The molecule has 0 spiro atoms. The number of aromatic amines is 1. The Morgan fingerprint density at radius 1 is 1.38 bits per heavy atom. The van der Waals surface area contributed by atoms with E-state index in [1.807, 2.05) is 12.1 Å². The lowest BCUT2D eigenvalue weighted by atomic mass is 9.91. The first kappa shape index (κ1) is 7.15. The van der Waals surface area contributed by atoms with Crippen LogP contribution in [0.1, 0.15) is 23.7 Å². The summed E-state index contributed by atoms with van der Waals surface area (Å²) in [7, 11) is 0. The Balaban J connectivity index is 2.45. The summed E-state index contributed by atoms with van der Waals surface area (Å²) >= 11 is 0. The van der Waals surface area contributed by atoms with Crippen molar-refractivity contribution in [1.82, 2.24) is 4.98 Å². The van der Waals surface area contributed by atoms with E-state index in [4.69, 9.17) is 0 Å². The van der Waals surface area contributed by atoms with Crippen molar-refractivity contribution in [1.29, 1.82) is 0 Å². The van der Waals surface area contributed by atoms with E-state index in [9.17, 15) is 5.11 Å². The molecular formula is C11H11NO. The second kappa shape index (κ2) is 2.36. The van der Waals surface area contributed by atoms with Gasteiger partial charge in [0, 0.05) is 17.1 Å². The molecule has 1 aromatic heterocycles. The molecule has 1 aliphatic carbocycles. The predicted molar refractivity (Wildman–Crippen MR) is 51.6 cm³/mol. The number of aryl methyl sites for hydroxylation is 1. The van der Waals surface area contributed by atoms with Crippen LogP contribution >= 0.6 is 0 Å². The Labute approximate surface area is 76.2 Å². The first-order chi connectivity index (χ1) is 6.36. The molecule has 2 aromatic rings. The Hall–Kier alpha value is -1.28. The zero-order valence-electron chi connectivity index (χ0n) is 7.25. The van der Waals surface area contributed by atoms with Gasteiger partial charge in [-0.3, -0.25) is 0 Å². The molecule has 3 rings (SSSR count). The third-order valence-corrected chi connectivity index (χ3v) is 2.87. The van der Waals surface area contributed by atoms with Crippen molar-refractivity contribution in [2.75, 3.05) is 0 Å². The lowest BCUT2D eigenvalue weighted by Gasteiger charge is -2.17. The Bertz CT molecular complexity index is 458. The highest BCUT2D eigenvalue weighted by atomic mass is 16.3. The highest BCUT2D eigenvalue weighted by Gasteiger charge is 2.19. The van der Waals surface area contributed by atoms with E-state index in [0.29, 0.717) is 0 Å². The molecule has 0 bridgehead atoms. The first-order valence-corrected chi connectivity index (χ1v) is 4.63. The topological polar surface area (TPSA) is 36.0 Å². The van der Waals surface area contributed by atoms with E-state index in [1.165, 1.54) is 10.9 Å². The van der Waals surface area contributed by atoms with E-state index in [1.54, 1.807) is 0 Å². The molecule has 2 nitrogen and oxygen atoms in total. The van der Waals surface area contributed by atoms with Crippen LogP contribution < -0.4 is 0 Å². The van der Waals surface area contributed by atoms with Crippen LogP contribution in [-0.4, -0.2) is 10.1 Å². The number of H-pyrrole nitrogens is 1. The largest absolute Gasteiger partial charge is 0.388 e. The quantitative estimate of drug-likeness (QED) is 0.629. The minimum Gasteiger partial charge on any atom is -0.388 e. The van der Waals surface area contributed by atoms with Crippen molar-refractivity contribution in [2.45, 2.75) is 18.9 Å². The van der Waals surface area contributed by atoms with Crippen LogP contribution in [0.15, 0.2) is 24.4 Å². The summed E-state index contributed by atoms with van der Waals surface area (Å²) in [6.45, 7) is 0. The van der Waals surface area contributed by atoms with Gasteiger partial charge >= 0.3 is 0 Å². The number of aromatic nitrogens is 1. The molecule has 13 heavy (non-hydrogen) atoms. The zero-order valence-corrected chi connectivity index (χ0v) is 7.25. The highest BCUT2D eigenvalue weighted by molar-refractivity contribution is 5.87. The van der Waals surface area contributed by atoms with Crippen LogP contribution in [0.2, 0.25) is 0 Å². The van der Waals surface area contributed by atoms with E-state index in [-0.39, 0.29) is 6.10 Å². The minimum atomic E-state index is -0.271. The van der Waals surface area contributed by atoms with Gasteiger partial charge in [0.15, 0.2) is 0 Å². The Morgan fingerprint density at radius 2 is 2.31 bits per heavy atom. The van der Waals surface area contributed by atoms with Crippen molar-refractivity contribution in [3.05, 3.63) is 35.5 Å². The van der Waals surface area contributed by atoms with Crippen LogP contribution in [0.25, 0.3) is 10.9 Å². The Kier molecular flexibility index (Phi) is 1.30. The number of rotatable bonds is 0. The highest BCUT2D eigenvalue weighted by Crippen LogP contribution is 2.34. The maximum Gasteiger partial charge on any atom is 0.0799 e. The van der Waals surface area contributed by atoms with Gasteiger partial charge in [-0.15, -0.1) is 0 Å². The van der Waals surface area contributed by atoms with Gasteiger partial charge in [-0.05, 0) is 30.0 Å². The van der Waals surface area contributed by atoms with Crippen molar-refractivity contribution < 1.29 is 5.11 Å². The molecule has 1 atom stereocenters. The van der Waals surface area contributed by atoms with Crippen LogP contribution in [0, 0.1) is 0 Å². The number of aliphatic hydroxyl groups excluding tert-OH is 1. The Morgan fingerprint density at radius 3 is 3.23 bits per heavy atom. The standard InChI is InChI=1S/C11H11NO/c13-10-5-4-7-6-12-9-3-1-2-8(10)11(7)9/h1-3,6,10,12-13H,4-5H2. The van der Waals surface area contributed by atoms with Gasteiger partial charge in [-0.2, -0.15) is 0 Å². The average Bonchev–Trinajstić information content (AvgIpc) is 2.57. The molecule has 1 unspecified atom stereocenters. The van der Waals surface area contributed by atoms with Gasteiger partial charge in [0.05, 0.1) is 6.10 Å². The number of nitrogens with one attached hydrogen (secondary N) is 1. The van der Waals surface area contributed by atoms with Crippen LogP contribution in [0.3, 0.4) is 0 Å². The SMILES string of the molecule is OC1CCc2c[nH]c3cccc1c23. The molecule has 0 aliphatic heterocycles. The smallest absolute Gasteiger partial charge is 0.0799 e. The first-order valence-electron chi connectivity index (χ1n) is 4.63. The summed E-state index contributed by atoms with van der Waals surface area (Å²) in [6, 6.07) is 6.07. The molecule has 2 N–H and O–H groups in total. The van der Waals surface area contributed by atoms with E-state index >= 15 is 0 Å². The normalized spacial score (nSPS) is 20.8. The molecule has 0 saturated heterocycles. The van der Waals surface area contributed by atoms with Crippen LogP contribution in [0.5, 0.6) is 0 Å². The van der Waals surface area contributed by atoms with Gasteiger partial charge in [0.2, 0.25) is 0 Å². The van der Waals surface area contributed by atoms with Gasteiger partial charge in [-0.1, -0.05) is 12.1 Å². The van der Waals surface area contributed by atoms with Gasteiger partial charge in [-0.25, -0.2) is 0 Å². The van der Waals surface area contributed by atoms with E-state index in [0.717, 1.165) is 23.9 Å². The average molecular weight is 173 g/mol. The fraction of sp³-hybridized carbons (Fsp3) is 0.273. The van der Waals surface area contributed by atoms with Crippen molar-refractivity contribution >= 4 is 10.9 Å². The van der Waals surface area contributed by atoms with Crippen molar-refractivity contribution in [3.8, 4) is 0 Å². The van der Waals surface area contributed by atoms with Crippen LogP contribution in [0.4, 0.5) is 0 Å². The summed E-state index contributed by atoms with van der Waals surface area (Å²) in [4.78, 5) is 3.23. The number of benzene rings is 1. The second-order valence-corrected chi connectivity index (χ2v) is 3.64. The monoisotopic (exact) mass is 173 g/mol. The lowest BCUT2D eigenvalue weighted by Crippen LogP contribution is -2.05. The summed E-state index contributed by atoms with van der Waals surface area (Å²) in [5, 5.41) is 11.0. The molecule has 1 aromatic carbocycles. The number of aliphatic hydroxyl groups is 1. The maximum atomic E-state index is 9.78. The summed E-state index contributed by atoms with van der Waals surface area (Å²) in [6.07, 6.45) is 3.62. The molecule has 1 aliphatic rings. The van der Waals surface area contributed by atoms with E-state index < -0.39 is 0 Å². The van der Waals surface area contributed by atoms with Gasteiger partial charge < -0.3 is 10.1 Å². The molecule has 0 fully saturated rings. The molecule has 0 amide bonds. The number of hydrogen-bond acceptors (Lipinski definition) is 1. The fourth-order valence-electron chi connectivity index (χ4n) is 2.21. The van der Waals surface area contributed by atoms with Crippen LogP contribution in [-0.2, 0) is 6.42 Å². The molecule has 2 heteroatoms.